The van der Waals surface area contributed by atoms with Crippen LogP contribution < -0.4 is 15.0 Å². The molecule has 26 heavy (non-hydrogen) atoms. The molecule has 0 unspecified atom stereocenters. The van der Waals surface area contributed by atoms with Gasteiger partial charge in [0.25, 0.3) is 5.56 Å². The molecule has 0 atom stereocenters. The van der Waals surface area contributed by atoms with Gasteiger partial charge in [-0.15, -0.1) is 0 Å². The van der Waals surface area contributed by atoms with Crippen LogP contribution in [0.15, 0.2) is 58.5 Å². The standard InChI is InChI=1S/C19H15N3O3S/c1-24-12-6-5-7-13(10-12)25-16-9-4-3-8-14(16)17-15(11-20)18(23)22-19(21-17)26-2/h3-10H,1-2H3,(H,21,22,23). The molecule has 1 aromatic heterocycles. The van der Waals surface area contributed by atoms with Gasteiger partial charge >= 0.3 is 0 Å². The Morgan fingerprint density at radius 2 is 1.92 bits per heavy atom. The molecule has 0 saturated heterocycles. The van der Waals surface area contributed by atoms with Crippen LogP contribution in [0.3, 0.4) is 0 Å². The summed E-state index contributed by atoms with van der Waals surface area (Å²) in [5.74, 6) is 1.73. The number of thioether (sulfide) groups is 1. The first-order valence-corrected chi connectivity index (χ1v) is 8.88. The van der Waals surface area contributed by atoms with Gasteiger partial charge < -0.3 is 14.5 Å². The van der Waals surface area contributed by atoms with Crippen molar-refractivity contribution in [2.75, 3.05) is 13.4 Å². The van der Waals surface area contributed by atoms with Gasteiger partial charge in [0.1, 0.15) is 34.6 Å². The summed E-state index contributed by atoms with van der Waals surface area (Å²) in [5, 5.41) is 9.83. The molecular weight excluding hydrogens is 350 g/mol. The van der Waals surface area contributed by atoms with Crippen LogP contribution in [-0.2, 0) is 0 Å². The molecule has 1 heterocycles. The zero-order valence-electron chi connectivity index (χ0n) is 14.1. The average Bonchev–Trinajstić information content (AvgIpc) is 2.68. The number of aromatic nitrogens is 2. The summed E-state index contributed by atoms with van der Waals surface area (Å²) in [4.78, 5) is 19.2. The fraction of sp³-hybridized carbons (Fsp3) is 0.105. The van der Waals surface area contributed by atoms with E-state index >= 15 is 0 Å². The lowest BCUT2D eigenvalue weighted by molar-refractivity contribution is 0.409. The Morgan fingerprint density at radius 1 is 1.15 bits per heavy atom. The minimum absolute atomic E-state index is 0.0514. The first-order valence-electron chi connectivity index (χ1n) is 7.66. The molecule has 3 rings (SSSR count). The van der Waals surface area contributed by atoms with Crippen LogP contribution in [0.5, 0.6) is 17.2 Å². The van der Waals surface area contributed by atoms with Gasteiger partial charge in [-0.1, -0.05) is 30.0 Å². The van der Waals surface area contributed by atoms with E-state index in [2.05, 4.69) is 9.97 Å². The van der Waals surface area contributed by atoms with Crippen molar-refractivity contribution in [3.05, 3.63) is 64.4 Å². The number of para-hydroxylation sites is 1. The van der Waals surface area contributed by atoms with E-state index in [9.17, 15) is 10.1 Å². The van der Waals surface area contributed by atoms with Crippen molar-refractivity contribution >= 4 is 11.8 Å². The van der Waals surface area contributed by atoms with Gasteiger partial charge in [0.2, 0.25) is 0 Å². The van der Waals surface area contributed by atoms with E-state index in [1.165, 1.54) is 11.8 Å². The second kappa shape index (κ2) is 7.76. The molecule has 0 saturated carbocycles. The molecule has 0 radical (unpaired) electrons. The van der Waals surface area contributed by atoms with E-state index < -0.39 is 5.56 Å². The Labute approximate surface area is 154 Å². The minimum atomic E-state index is -0.474. The van der Waals surface area contributed by atoms with Crippen molar-refractivity contribution < 1.29 is 9.47 Å². The first kappa shape index (κ1) is 17.6. The van der Waals surface area contributed by atoms with Gasteiger partial charge in [-0.3, -0.25) is 4.79 Å². The molecule has 130 valence electrons. The van der Waals surface area contributed by atoms with Crippen molar-refractivity contribution in [3.8, 4) is 34.6 Å². The van der Waals surface area contributed by atoms with Crippen LogP contribution >= 0.6 is 11.8 Å². The number of hydrogen-bond acceptors (Lipinski definition) is 6. The molecule has 0 aliphatic carbocycles. The van der Waals surface area contributed by atoms with Gasteiger partial charge in [-0.25, -0.2) is 4.98 Å². The SMILES string of the molecule is COc1cccc(Oc2ccccc2-c2nc(SC)[nH]c(=O)c2C#N)c1. The van der Waals surface area contributed by atoms with E-state index in [-0.39, 0.29) is 5.56 Å². The van der Waals surface area contributed by atoms with Crippen molar-refractivity contribution in [2.24, 2.45) is 0 Å². The second-order valence-corrected chi connectivity index (χ2v) is 5.98. The van der Waals surface area contributed by atoms with Crippen molar-refractivity contribution in [1.82, 2.24) is 9.97 Å². The predicted molar refractivity (Wildman–Crippen MR) is 99.9 cm³/mol. The first-order chi connectivity index (χ1) is 12.7. The van der Waals surface area contributed by atoms with Crippen molar-refractivity contribution in [3.63, 3.8) is 0 Å². The average molecular weight is 365 g/mol. The number of rotatable bonds is 5. The Bertz CT molecular complexity index is 1040. The van der Waals surface area contributed by atoms with Gasteiger partial charge in [0, 0.05) is 11.6 Å². The van der Waals surface area contributed by atoms with Gasteiger partial charge in [0.05, 0.1) is 7.11 Å². The highest BCUT2D eigenvalue weighted by Crippen LogP contribution is 2.34. The number of H-pyrrole nitrogens is 1. The Kier molecular flexibility index (Phi) is 5.25. The van der Waals surface area contributed by atoms with Crippen molar-refractivity contribution in [1.29, 1.82) is 5.26 Å². The monoisotopic (exact) mass is 365 g/mol. The number of ether oxygens (including phenoxy) is 2. The number of hydrogen-bond donors (Lipinski definition) is 1. The molecule has 2 aromatic carbocycles. The lowest BCUT2D eigenvalue weighted by atomic mass is 10.1. The number of aromatic amines is 1. The molecule has 0 fully saturated rings. The van der Waals surface area contributed by atoms with Crippen LogP contribution in [-0.4, -0.2) is 23.3 Å². The Morgan fingerprint density at radius 3 is 2.65 bits per heavy atom. The highest BCUT2D eigenvalue weighted by molar-refractivity contribution is 7.98. The maximum Gasteiger partial charge on any atom is 0.270 e. The minimum Gasteiger partial charge on any atom is -0.497 e. The third kappa shape index (κ3) is 3.55. The summed E-state index contributed by atoms with van der Waals surface area (Å²) in [6, 6.07) is 16.2. The van der Waals surface area contributed by atoms with E-state index in [1.807, 2.05) is 24.3 Å². The Hall–Kier alpha value is -3.24. The highest BCUT2D eigenvalue weighted by Gasteiger charge is 2.17. The molecule has 1 N–H and O–H groups in total. The largest absolute Gasteiger partial charge is 0.497 e. The van der Waals surface area contributed by atoms with Crippen LogP contribution in [0.2, 0.25) is 0 Å². The van der Waals surface area contributed by atoms with Gasteiger partial charge in [-0.2, -0.15) is 5.26 Å². The number of nitriles is 1. The van der Waals surface area contributed by atoms with Crippen LogP contribution in [0, 0.1) is 11.3 Å². The molecule has 0 spiro atoms. The molecule has 0 bridgehead atoms. The maximum absolute atomic E-state index is 12.2. The summed E-state index contributed by atoms with van der Waals surface area (Å²) in [5.41, 5.74) is 0.329. The quantitative estimate of drug-likeness (QED) is 0.546. The summed E-state index contributed by atoms with van der Waals surface area (Å²) >= 11 is 1.29. The molecule has 0 aliphatic heterocycles. The van der Waals surface area contributed by atoms with Crippen LogP contribution in [0.4, 0.5) is 0 Å². The van der Waals surface area contributed by atoms with Crippen molar-refractivity contribution in [2.45, 2.75) is 5.16 Å². The van der Waals surface area contributed by atoms with E-state index in [1.54, 1.807) is 43.7 Å². The molecule has 0 aliphatic rings. The van der Waals surface area contributed by atoms with Crippen LogP contribution in [0.25, 0.3) is 11.3 Å². The maximum atomic E-state index is 12.2. The highest BCUT2D eigenvalue weighted by atomic mass is 32.2. The normalized spacial score (nSPS) is 10.2. The lowest BCUT2D eigenvalue weighted by Crippen LogP contribution is -2.14. The lowest BCUT2D eigenvalue weighted by Gasteiger charge is -2.12. The fourth-order valence-electron chi connectivity index (χ4n) is 2.39. The summed E-state index contributed by atoms with van der Waals surface area (Å²) in [6.45, 7) is 0. The second-order valence-electron chi connectivity index (χ2n) is 5.19. The number of nitrogens with one attached hydrogen (secondary N) is 1. The molecule has 7 heteroatoms. The van der Waals surface area contributed by atoms with Gasteiger partial charge in [0.15, 0.2) is 5.16 Å². The predicted octanol–water partition coefficient (Wildman–Crippen LogP) is 3.83. The van der Waals surface area contributed by atoms with Gasteiger partial charge in [-0.05, 0) is 30.5 Å². The number of nitrogens with zero attached hydrogens (tertiary/aromatic N) is 2. The third-order valence-electron chi connectivity index (χ3n) is 3.61. The number of methoxy groups -OCH3 is 1. The topological polar surface area (TPSA) is 88.0 Å². The summed E-state index contributed by atoms with van der Waals surface area (Å²) < 4.78 is 11.2. The fourth-order valence-corrected chi connectivity index (χ4v) is 2.77. The third-order valence-corrected chi connectivity index (χ3v) is 4.19. The molecular formula is C19H15N3O3S. The molecule has 6 nitrogen and oxygen atoms in total. The van der Waals surface area contributed by atoms with Crippen LogP contribution in [0.1, 0.15) is 5.56 Å². The van der Waals surface area contributed by atoms with E-state index in [0.29, 0.717) is 33.7 Å². The summed E-state index contributed by atoms with van der Waals surface area (Å²) in [7, 11) is 1.58. The zero-order valence-corrected chi connectivity index (χ0v) is 15.0. The molecule has 3 aromatic rings. The van der Waals surface area contributed by atoms with E-state index in [4.69, 9.17) is 9.47 Å². The number of benzene rings is 2. The molecule has 0 amide bonds. The zero-order chi connectivity index (χ0) is 18.5. The smallest absolute Gasteiger partial charge is 0.270 e. The summed E-state index contributed by atoms with van der Waals surface area (Å²) in [6.07, 6.45) is 1.80. The van der Waals surface area contributed by atoms with E-state index in [0.717, 1.165) is 0 Å². The Balaban J connectivity index is 2.12.